The maximum absolute atomic E-state index is 13.0. The summed E-state index contributed by atoms with van der Waals surface area (Å²) in [6, 6.07) is 9.56. The van der Waals surface area contributed by atoms with Crippen LogP contribution >= 0.6 is 0 Å². The van der Waals surface area contributed by atoms with Crippen molar-refractivity contribution in [2.45, 2.75) is 63.3 Å². The second-order valence-corrected chi connectivity index (χ2v) is 12.6. The van der Waals surface area contributed by atoms with Crippen molar-refractivity contribution in [3.63, 3.8) is 0 Å². The first-order valence-electron chi connectivity index (χ1n) is 15.8. The predicted molar refractivity (Wildman–Crippen MR) is 161 cm³/mol. The molecule has 44 heavy (non-hydrogen) atoms. The lowest BCUT2D eigenvalue weighted by atomic mass is 10.0. The number of carbonyl (C=O) groups excluding carboxylic acids is 3. The molecule has 2 aromatic carbocycles. The number of nitrogens with zero attached hydrogens (tertiary/aromatic N) is 5. The van der Waals surface area contributed by atoms with Crippen LogP contribution in [0.25, 0.3) is 10.9 Å². The Kier molecular flexibility index (Phi) is 6.94. The number of fused-ring (bicyclic) bond motifs is 2. The zero-order valence-corrected chi connectivity index (χ0v) is 24.7. The van der Waals surface area contributed by atoms with E-state index in [4.69, 9.17) is 19.4 Å². The SMILES string of the molecule is O=C1CC[C@H](N2Cc3cc(O[C@H]4CCN(Cc5cc(C6CC6)c6nc(N7CCOCC7)ncc6c5)C4)ccc3C2=O)C(=O)N1. The van der Waals surface area contributed by atoms with E-state index in [1.54, 1.807) is 11.0 Å². The van der Waals surface area contributed by atoms with Crippen LogP contribution in [0.5, 0.6) is 5.75 Å². The lowest BCUT2D eigenvalue weighted by Gasteiger charge is -2.29. The van der Waals surface area contributed by atoms with Crippen LogP contribution in [0.15, 0.2) is 36.5 Å². The molecule has 0 spiro atoms. The fourth-order valence-electron chi connectivity index (χ4n) is 7.05. The molecule has 5 aliphatic rings. The number of amides is 3. The molecule has 0 unspecified atom stereocenters. The van der Waals surface area contributed by atoms with E-state index in [1.165, 1.54) is 24.0 Å². The smallest absolute Gasteiger partial charge is 0.255 e. The molecule has 228 valence electrons. The van der Waals surface area contributed by atoms with Gasteiger partial charge in [0.25, 0.3) is 5.91 Å². The predicted octanol–water partition coefficient (Wildman–Crippen LogP) is 2.76. The third-order valence-corrected chi connectivity index (χ3v) is 9.50. The minimum Gasteiger partial charge on any atom is -0.489 e. The van der Waals surface area contributed by atoms with Crippen molar-refractivity contribution < 1.29 is 23.9 Å². The Bertz CT molecular complexity index is 1650. The first-order valence-corrected chi connectivity index (χ1v) is 15.8. The number of likely N-dealkylation sites (tertiary alicyclic amines) is 1. The molecule has 0 bridgehead atoms. The molecular formula is C33H36N6O5. The van der Waals surface area contributed by atoms with Gasteiger partial charge in [0.05, 0.1) is 18.7 Å². The Morgan fingerprint density at radius 2 is 1.86 bits per heavy atom. The van der Waals surface area contributed by atoms with Gasteiger partial charge in [0.1, 0.15) is 17.9 Å². The van der Waals surface area contributed by atoms with Gasteiger partial charge in [0.15, 0.2) is 0 Å². The summed E-state index contributed by atoms with van der Waals surface area (Å²) in [5.74, 6) is 1.27. The molecule has 11 heteroatoms. The van der Waals surface area contributed by atoms with Crippen LogP contribution in [0.3, 0.4) is 0 Å². The van der Waals surface area contributed by atoms with Crippen molar-refractivity contribution in [2.75, 3.05) is 44.3 Å². The van der Waals surface area contributed by atoms with Gasteiger partial charge < -0.3 is 19.3 Å². The molecule has 2 atom stereocenters. The number of carbonyl (C=O) groups is 3. The Balaban J connectivity index is 0.926. The molecule has 4 fully saturated rings. The average Bonchev–Trinajstić information content (AvgIpc) is 3.71. The molecule has 3 saturated heterocycles. The first kappa shape index (κ1) is 27.5. The third kappa shape index (κ3) is 5.28. The van der Waals surface area contributed by atoms with E-state index in [1.807, 2.05) is 18.3 Å². The number of nitrogens with one attached hydrogen (secondary N) is 1. The average molecular weight is 597 g/mol. The van der Waals surface area contributed by atoms with E-state index in [0.717, 1.165) is 67.3 Å². The summed E-state index contributed by atoms with van der Waals surface area (Å²) in [6.45, 7) is 6.03. The van der Waals surface area contributed by atoms with Crippen LogP contribution in [0, 0.1) is 0 Å². The maximum Gasteiger partial charge on any atom is 0.255 e. The lowest BCUT2D eigenvalue weighted by molar-refractivity contribution is -0.136. The van der Waals surface area contributed by atoms with Gasteiger partial charge in [-0.2, -0.15) is 0 Å². The minimum atomic E-state index is -0.616. The highest BCUT2D eigenvalue weighted by atomic mass is 16.5. The monoisotopic (exact) mass is 596 g/mol. The summed E-state index contributed by atoms with van der Waals surface area (Å²) in [7, 11) is 0. The fourth-order valence-corrected chi connectivity index (χ4v) is 7.05. The second kappa shape index (κ2) is 11.1. The van der Waals surface area contributed by atoms with Gasteiger partial charge in [0.2, 0.25) is 17.8 Å². The second-order valence-electron chi connectivity index (χ2n) is 12.6. The molecule has 5 heterocycles. The van der Waals surface area contributed by atoms with Gasteiger partial charge in [-0.1, -0.05) is 6.07 Å². The summed E-state index contributed by atoms with van der Waals surface area (Å²) in [4.78, 5) is 52.9. The van der Waals surface area contributed by atoms with Gasteiger partial charge in [-0.3, -0.25) is 24.6 Å². The summed E-state index contributed by atoms with van der Waals surface area (Å²) < 4.78 is 11.9. The zero-order chi connectivity index (χ0) is 29.8. The van der Waals surface area contributed by atoms with Crippen molar-refractivity contribution in [3.8, 4) is 5.75 Å². The molecular weight excluding hydrogens is 560 g/mol. The summed E-state index contributed by atoms with van der Waals surface area (Å²) >= 11 is 0. The van der Waals surface area contributed by atoms with E-state index < -0.39 is 11.9 Å². The Morgan fingerprint density at radius 3 is 2.68 bits per heavy atom. The zero-order valence-electron chi connectivity index (χ0n) is 24.7. The Labute approximate surface area is 255 Å². The topological polar surface area (TPSA) is 117 Å². The van der Waals surface area contributed by atoms with Gasteiger partial charge in [-0.15, -0.1) is 0 Å². The van der Waals surface area contributed by atoms with E-state index in [2.05, 4.69) is 27.2 Å². The largest absolute Gasteiger partial charge is 0.489 e. The molecule has 3 amide bonds. The number of benzene rings is 2. The number of imide groups is 1. The summed E-state index contributed by atoms with van der Waals surface area (Å²) in [6.07, 6.45) is 5.99. The van der Waals surface area contributed by atoms with Gasteiger partial charge in [0, 0.05) is 62.8 Å². The molecule has 11 nitrogen and oxygen atoms in total. The number of hydrogen-bond acceptors (Lipinski definition) is 9. The lowest BCUT2D eigenvalue weighted by Crippen LogP contribution is -2.52. The van der Waals surface area contributed by atoms with Gasteiger partial charge >= 0.3 is 0 Å². The number of aromatic nitrogens is 2. The first-order chi connectivity index (χ1) is 21.5. The van der Waals surface area contributed by atoms with Crippen molar-refractivity contribution in [1.82, 2.24) is 25.1 Å². The summed E-state index contributed by atoms with van der Waals surface area (Å²) in [5, 5.41) is 3.46. The molecule has 1 aromatic heterocycles. The standard InChI is InChI=1S/C33H36N6O5/c40-29-6-5-28(31(41)35-29)39-18-23-15-24(3-4-26(23)32(39)42)44-25-7-8-37(19-25)17-20-13-22-16-34-33(38-9-11-43-12-10-38)36-30(22)27(14-20)21-1-2-21/h3-4,13-16,21,25,28H,1-2,5-12,17-19H2,(H,35,40,41)/t25-,28-/m0/s1. The van der Waals surface area contributed by atoms with E-state index in [9.17, 15) is 14.4 Å². The van der Waals surface area contributed by atoms with Crippen molar-refractivity contribution in [1.29, 1.82) is 0 Å². The highest BCUT2D eigenvalue weighted by Gasteiger charge is 2.39. The van der Waals surface area contributed by atoms with Crippen molar-refractivity contribution >= 4 is 34.6 Å². The number of hydrogen-bond donors (Lipinski definition) is 1. The van der Waals surface area contributed by atoms with Crippen LogP contribution in [0.1, 0.15) is 65.1 Å². The molecule has 1 aliphatic carbocycles. The van der Waals surface area contributed by atoms with E-state index in [-0.39, 0.29) is 24.3 Å². The molecule has 1 saturated carbocycles. The van der Waals surface area contributed by atoms with E-state index in [0.29, 0.717) is 37.7 Å². The number of rotatable bonds is 7. The van der Waals surface area contributed by atoms with Crippen LogP contribution in [-0.4, -0.2) is 89.0 Å². The van der Waals surface area contributed by atoms with Crippen LogP contribution in [-0.2, 0) is 27.4 Å². The molecule has 8 rings (SSSR count). The quantitative estimate of drug-likeness (QED) is 0.411. The third-order valence-electron chi connectivity index (χ3n) is 9.50. The van der Waals surface area contributed by atoms with Gasteiger partial charge in [-0.05, 0) is 72.6 Å². The Morgan fingerprint density at radius 1 is 1.00 bits per heavy atom. The van der Waals surface area contributed by atoms with Crippen molar-refractivity contribution in [2.24, 2.45) is 0 Å². The highest BCUT2D eigenvalue weighted by Crippen LogP contribution is 2.43. The van der Waals surface area contributed by atoms with Crippen LogP contribution in [0.4, 0.5) is 5.95 Å². The Hall–Kier alpha value is -4.09. The molecule has 3 aromatic rings. The van der Waals surface area contributed by atoms with Crippen LogP contribution in [0.2, 0.25) is 0 Å². The number of ether oxygens (including phenoxy) is 2. The molecule has 4 aliphatic heterocycles. The van der Waals surface area contributed by atoms with Crippen LogP contribution < -0.4 is 15.0 Å². The van der Waals surface area contributed by atoms with Crippen molar-refractivity contribution in [3.05, 3.63) is 58.8 Å². The molecule has 0 radical (unpaired) electrons. The highest BCUT2D eigenvalue weighted by molar-refractivity contribution is 6.05. The summed E-state index contributed by atoms with van der Waals surface area (Å²) in [5.41, 5.74) is 5.17. The number of morpholine rings is 1. The maximum atomic E-state index is 13.0. The normalized spacial score (nSPS) is 24.2. The number of anilines is 1. The van der Waals surface area contributed by atoms with E-state index >= 15 is 0 Å². The number of piperidine rings is 1. The minimum absolute atomic E-state index is 0.0548. The fraction of sp³-hybridized carbons (Fsp3) is 0.485. The van der Waals surface area contributed by atoms with Gasteiger partial charge in [-0.25, -0.2) is 9.97 Å². The molecule has 1 N–H and O–H groups in total.